The number of ether oxygens (including phenoxy) is 1. The molecule has 0 aliphatic heterocycles. The van der Waals surface area contributed by atoms with Crippen LogP contribution in [0.25, 0.3) is 0 Å². The van der Waals surface area contributed by atoms with Gasteiger partial charge in [0.2, 0.25) is 5.91 Å². The van der Waals surface area contributed by atoms with E-state index in [2.05, 4.69) is 5.32 Å². The molecule has 0 saturated heterocycles. The molecule has 1 unspecified atom stereocenters. The number of benzene rings is 1. The summed E-state index contributed by atoms with van der Waals surface area (Å²) < 4.78 is 5.09. The third-order valence-corrected chi connectivity index (χ3v) is 2.90. The molecule has 0 aliphatic rings. The lowest BCUT2D eigenvalue weighted by atomic mass is 10.1. The fourth-order valence-electron chi connectivity index (χ4n) is 1.64. The summed E-state index contributed by atoms with van der Waals surface area (Å²) in [6.07, 6.45) is 1.15. The highest BCUT2D eigenvalue weighted by Gasteiger charge is 2.13. The molecule has 0 spiro atoms. The number of aliphatic hydroxyl groups is 1. The number of aliphatic hydroxyl groups excluding tert-OH is 1. The van der Waals surface area contributed by atoms with Crippen LogP contribution < -0.4 is 5.32 Å². The van der Waals surface area contributed by atoms with Crippen molar-refractivity contribution >= 4 is 5.91 Å². The van der Waals surface area contributed by atoms with E-state index in [9.17, 15) is 9.90 Å². The molecule has 0 heterocycles. The van der Waals surface area contributed by atoms with Gasteiger partial charge in [0, 0.05) is 13.5 Å². The van der Waals surface area contributed by atoms with E-state index in [4.69, 9.17) is 4.74 Å². The summed E-state index contributed by atoms with van der Waals surface area (Å²) in [4.78, 5) is 11.7. The van der Waals surface area contributed by atoms with E-state index in [1.807, 2.05) is 37.3 Å². The number of hydrogen-bond acceptors (Lipinski definition) is 3. The summed E-state index contributed by atoms with van der Waals surface area (Å²) in [5.41, 5.74) is 0.910. The first-order chi connectivity index (χ1) is 8.67. The Morgan fingerprint density at radius 1 is 1.39 bits per heavy atom. The summed E-state index contributed by atoms with van der Waals surface area (Å²) in [6, 6.07) is 9.11. The summed E-state index contributed by atoms with van der Waals surface area (Å²) in [7, 11) is 1.63. The van der Waals surface area contributed by atoms with Crippen molar-refractivity contribution in [2.45, 2.75) is 31.9 Å². The number of hydrogen-bond donors (Lipinski definition) is 2. The van der Waals surface area contributed by atoms with Crippen LogP contribution in [-0.4, -0.2) is 30.8 Å². The third-order valence-electron chi connectivity index (χ3n) is 2.90. The molecule has 0 aliphatic carbocycles. The normalized spacial score (nSPS) is 13.9. The van der Waals surface area contributed by atoms with Gasteiger partial charge in [-0.05, 0) is 18.9 Å². The van der Waals surface area contributed by atoms with Gasteiger partial charge in [-0.15, -0.1) is 0 Å². The van der Waals surface area contributed by atoms with Crippen LogP contribution in [0.1, 0.15) is 31.4 Å². The number of carbonyl (C=O) groups is 1. The maximum Gasteiger partial charge on any atom is 0.220 e. The average molecular weight is 251 g/mol. The van der Waals surface area contributed by atoms with Crippen molar-refractivity contribution in [3.05, 3.63) is 35.9 Å². The number of rotatable bonds is 7. The molecule has 4 nitrogen and oxygen atoms in total. The Hall–Kier alpha value is -1.39. The lowest BCUT2D eigenvalue weighted by Crippen LogP contribution is -2.31. The molecule has 0 fully saturated rings. The molecule has 100 valence electrons. The quantitative estimate of drug-likeness (QED) is 0.774. The number of amides is 1. The van der Waals surface area contributed by atoms with Crippen molar-refractivity contribution in [1.29, 1.82) is 0 Å². The Kier molecular flexibility index (Phi) is 6.39. The van der Waals surface area contributed by atoms with Gasteiger partial charge in [-0.1, -0.05) is 30.3 Å². The second-order valence-electron chi connectivity index (χ2n) is 4.30. The highest BCUT2D eigenvalue weighted by atomic mass is 16.5. The van der Waals surface area contributed by atoms with Crippen LogP contribution in [0.5, 0.6) is 0 Å². The predicted octanol–water partition coefficient (Wildman–Crippen LogP) is 1.65. The zero-order chi connectivity index (χ0) is 13.4. The Labute approximate surface area is 108 Å². The molecule has 1 aromatic carbocycles. The zero-order valence-electron chi connectivity index (χ0n) is 10.9. The van der Waals surface area contributed by atoms with E-state index < -0.39 is 0 Å². The van der Waals surface area contributed by atoms with Crippen molar-refractivity contribution < 1.29 is 14.6 Å². The van der Waals surface area contributed by atoms with Gasteiger partial charge in [-0.2, -0.15) is 0 Å². The van der Waals surface area contributed by atoms with Gasteiger partial charge in [0.15, 0.2) is 0 Å². The van der Waals surface area contributed by atoms with Crippen molar-refractivity contribution in [3.8, 4) is 0 Å². The maximum absolute atomic E-state index is 11.7. The largest absolute Gasteiger partial charge is 0.394 e. The summed E-state index contributed by atoms with van der Waals surface area (Å²) >= 11 is 0. The van der Waals surface area contributed by atoms with E-state index in [0.29, 0.717) is 12.8 Å². The molecule has 1 aromatic rings. The molecule has 18 heavy (non-hydrogen) atoms. The molecule has 0 saturated carbocycles. The minimum atomic E-state index is -0.337. The maximum atomic E-state index is 11.7. The van der Waals surface area contributed by atoms with E-state index in [1.165, 1.54) is 0 Å². The fraction of sp³-hybridized carbons (Fsp3) is 0.500. The van der Waals surface area contributed by atoms with Gasteiger partial charge in [0.25, 0.3) is 0 Å². The summed E-state index contributed by atoms with van der Waals surface area (Å²) in [6.45, 7) is 1.82. The number of carbonyl (C=O) groups excluding carboxylic acids is 1. The topological polar surface area (TPSA) is 58.6 Å². The summed E-state index contributed by atoms with van der Waals surface area (Å²) in [5.74, 6) is -0.0678. The lowest BCUT2D eigenvalue weighted by Gasteiger charge is -2.17. The van der Waals surface area contributed by atoms with Crippen molar-refractivity contribution in [2.75, 3.05) is 13.7 Å². The van der Waals surface area contributed by atoms with Crippen LogP contribution in [-0.2, 0) is 9.53 Å². The van der Waals surface area contributed by atoms with Gasteiger partial charge in [-0.3, -0.25) is 4.79 Å². The number of nitrogens with one attached hydrogen (secondary N) is 1. The van der Waals surface area contributed by atoms with Crippen molar-refractivity contribution in [3.63, 3.8) is 0 Å². The minimum absolute atomic E-state index is 0.0678. The molecule has 0 bridgehead atoms. The fourth-order valence-corrected chi connectivity index (χ4v) is 1.64. The number of methoxy groups -OCH3 is 1. The first kappa shape index (κ1) is 14.7. The molecular weight excluding hydrogens is 230 g/mol. The molecule has 1 amide bonds. The molecule has 0 aromatic heterocycles. The standard InChI is InChI=1S/C14H21NO3/c1-11(18-2)8-9-14(17)15-13(10-16)12-6-4-3-5-7-12/h3-7,11,13,16H,8-10H2,1-2H3,(H,15,17)/t11?,13-/m1/s1. The van der Waals surface area contributed by atoms with Crippen LogP contribution in [0.2, 0.25) is 0 Å². The van der Waals surface area contributed by atoms with Crippen LogP contribution in [0.4, 0.5) is 0 Å². The van der Waals surface area contributed by atoms with Crippen LogP contribution >= 0.6 is 0 Å². The second-order valence-corrected chi connectivity index (χ2v) is 4.30. The van der Waals surface area contributed by atoms with E-state index in [-0.39, 0.29) is 24.7 Å². The van der Waals surface area contributed by atoms with Gasteiger partial charge in [-0.25, -0.2) is 0 Å². The Balaban J connectivity index is 2.46. The first-order valence-corrected chi connectivity index (χ1v) is 6.15. The average Bonchev–Trinajstić information content (AvgIpc) is 2.43. The molecule has 2 atom stereocenters. The SMILES string of the molecule is COC(C)CCC(=O)N[C@H](CO)c1ccccc1. The van der Waals surface area contributed by atoms with Crippen LogP contribution in [0.15, 0.2) is 30.3 Å². The van der Waals surface area contributed by atoms with Crippen molar-refractivity contribution in [2.24, 2.45) is 0 Å². The monoisotopic (exact) mass is 251 g/mol. The van der Waals surface area contributed by atoms with Gasteiger partial charge in [0.05, 0.1) is 18.8 Å². The molecular formula is C14H21NO3. The van der Waals surface area contributed by atoms with Crippen LogP contribution in [0.3, 0.4) is 0 Å². The van der Waals surface area contributed by atoms with E-state index in [1.54, 1.807) is 7.11 Å². The van der Waals surface area contributed by atoms with Gasteiger partial charge in [0.1, 0.15) is 0 Å². The minimum Gasteiger partial charge on any atom is -0.394 e. The Morgan fingerprint density at radius 2 is 2.06 bits per heavy atom. The second kappa shape index (κ2) is 7.84. The molecule has 1 rings (SSSR count). The smallest absolute Gasteiger partial charge is 0.220 e. The Bertz CT molecular complexity index is 353. The van der Waals surface area contributed by atoms with Crippen LogP contribution in [0, 0.1) is 0 Å². The zero-order valence-corrected chi connectivity index (χ0v) is 10.9. The molecule has 0 radical (unpaired) electrons. The highest BCUT2D eigenvalue weighted by Crippen LogP contribution is 2.12. The molecule has 2 N–H and O–H groups in total. The summed E-state index contributed by atoms with van der Waals surface area (Å²) in [5, 5.41) is 12.1. The lowest BCUT2D eigenvalue weighted by molar-refractivity contribution is -0.122. The van der Waals surface area contributed by atoms with Crippen molar-refractivity contribution in [1.82, 2.24) is 5.32 Å². The Morgan fingerprint density at radius 3 is 2.61 bits per heavy atom. The molecule has 4 heteroatoms. The van der Waals surface area contributed by atoms with Gasteiger partial charge >= 0.3 is 0 Å². The third kappa shape index (κ3) is 4.85. The first-order valence-electron chi connectivity index (χ1n) is 6.15. The van der Waals surface area contributed by atoms with Gasteiger partial charge < -0.3 is 15.2 Å². The van der Waals surface area contributed by atoms with E-state index in [0.717, 1.165) is 5.56 Å². The predicted molar refractivity (Wildman–Crippen MR) is 70.1 cm³/mol. The highest BCUT2D eigenvalue weighted by molar-refractivity contribution is 5.76. The van der Waals surface area contributed by atoms with E-state index >= 15 is 0 Å².